The van der Waals surface area contributed by atoms with Gasteiger partial charge in [-0.15, -0.1) is 0 Å². The first-order valence-corrected chi connectivity index (χ1v) is 3.87. The van der Waals surface area contributed by atoms with Gasteiger partial charge in [0, 0.05) is 25.1 Å². The van der Waals surface area contributed by atoms with Crippen molar-refractivity contribution in [3.05, 3.63) is 24.8 Å². The number of thiocarbonyl (C=S) groups is 1. The van der Waals surface area contributed by atoms with Crippen molar-refractivity contribution in [1.82, 2.24) is 14.9 Å². The molecule has 3 N–H and O–H groups in total. The van der Waals surface area contributed by atoms with E-state index < -0.39 is 0 Å². The highest BCUT2D eigenvalue weighted by Gasteiger charge is 1.82. The smallest absolute Gasteiger partial charge is 0.163 e. The van der Waals surface area contributed by atoms with Gasteiger partial charge in [0.25, 0.3) is 0 Å². The summed E-state index contributed by atoms with van der Waals surface area (Å²) >= 11 is 4.62. The van der Waals surface area contributed by atoms with Crippen molar-refractivity contribution in [2.45, 2.75) is 0 Å². The fourth-order valence-corrected chi connectivity index (χ4v) is 0.775. The molecule has 0 saturated heterocycles. The van der Waals surface area contributed by atoms with E-state index in [4.69, 9.17) is 5.73 Å². The van der Waals surface area contributed by atoms with Gasteiger partial charge in [-0.05, 0) is 18.3 Å². The Morgan fingerprint density at radius 1 is 1.75 bits per heavy atom. The first-order chi connectivity index (χ1) is 5.79. The van der Waals surface area contributed by atoms with Gasteiger partial charge in [0.1, 0.15) is 0 Å². The van der Waals surface area contributed by atoms with E-state index in [1.165, 1.54) is 0 Å². The van der Waals surface area contributed by atoms with E-state index >= 15 is 0 Å². The summed E-state index contributed by atoms with van der Waals surface area (Å²) in [4.78, 5) is 3.88. The minimum atomic E-state index is 0.310. The second-order valence-corrected chi connectivity index (χ2v) is 2.58. The fraction of sp³-hybridized carbons (Fsp3) is 0.143. The van der Waals surface area contributed by atoms with Gasteiger partial charge in [-0.3, -0.25) is 0 Å². The SMILES string of the molecule is NC(=S)NCC=Cn1ccnc1. The van der Waals surface area contributed by atoms with Crippen LogP contribution in [0.1, 0.15) is 0 Å². The lowest BCUT2D eigenvalue weighted by Crippen LogP contribution is -2.28. The molecule has 0 aliphatic rings. The monoisotopic (exact) mass is 182 g/mol. The summed E-state index contributed by atoms with van der Waals surface area (Å²) in [5.74, 6) is 0. The highest BCUT2D eigenvalue weighted by Crippen LogP contribution is 1.85. The molecule has 0 aromatic carbocycles. The van der Waals surface area contributed by atoms with Crippen molar-refractivity contribution in [1.29, 1.82) is 0 Å². The molecule has 0 amide bonds. The Bertz CT molecular complexity index is 265. The van der Waals surface area contributed by atoms with Crippen molar-refractivity contribution in [2.75, 3.05) is 6.54 Å². The molecule has 0 fully saturated rings. The first kappa shape index (κ1) is 8.73. The van der Waals surface area contributed by atoms with Crippen LogP contribution in [-0.2, 0) is 0 Å². The van der Waals surface area contributed by atoms with Crippen LogP contribution in [0, 0.1) is 0 Å². The van der Waals surface area contributed by atoms with E-state index in [0.717, 1.165) is 0 Å². The number of nitrogens with two attached hydrogens (primary N) is 1. The molecule has 0 spiro atoms. The first-order valence-electron chi connectivity index (χ1n) is 3.46. The van der Waals surface area contributed by atoms with E-state index in [1.54, 1.807) is 12.5 Å². The lowest BCUT2D eigenvalue weighted by molar-refractivity contribution is 1.04. The van der Waals surface area contributed by atoms with Crippen LogP contribution in [0.2, 0.25) is 0 Å². The van der Waals surface area contributed by atoms with Gasteiger partial charge in [0.2, 0.25) is 0 Å². The predicted octanol–water partition coefficient (Wildman–Crippen LogP) is 0.187. The zero-order valence-electron chi connectivity index (χ0n) is 6.47. The van der Waals surface area contributed by atoms with E-state index in [0.29, 0.717) is 11.7 Å². The molecule has 5 heteroatoms. The van der Waals surface area contributed by atoms with Gasteiger partial charge in [0.15, 0.2) is 5.11 Å². The highest BCUT2D eigenvalue weighted by atomic mass is 32.1. The van der Waals surface area contributed by atoms with Crippen molar-refractivity contribution >= 4 is 23.5 Å². The second-order valence-electron chi connectivity index (χ2n) is 2.14. The Morgan fingerprint density at radius 3 is 3.17 bits per heavy atom. The largest absolute Gasteiger partial charge is 0.376 e. The average Bonchev–Trinajstić information content (AvgIpc) is 2.49. The highest BCUT2D eigenvalue weighted by molar-refractivity contribution is 7.80. The Labute approximate surface area is 76.1 Å². The summed E-state index contributed by atoms with van der Waals surface area (Å²) < 4.78 is 1.83. The maximum Gasteiger partial charge on any atom is 0.163 e. The number of rotatable bonds is 3. The molecule has 1 rings (SSSR count). The molecule has 1 aromatic rings. The van der Waals surface area contributed by atoms with Crippen LogP contribution in [0.15, 0.2) is 24.8 Å². The van der Waals surface area contributed by atoms with E-state index in [-0.39, 0.29) is 0 Å². The number of aromatic nitrogens is 2. The molecule has 0 unspecified atom stereocenters. The zero-order valence-corrected chi connectivity index (χ0v) is 7.29. The summed E-state index contributed by atoms with van der Waals surface area (Å²) in [6.07, 6.45) is 9.04. The molecule has 0 radical (unpaired) electrons. The van der Waals surface area contributed by atoms with E-state index in [2.05, 4.69) is 22.5 Å². The van der Waals surface area contributed by atoms with Crippen LogP contribution >= 0.6 is 12.2 Å². The van der Waals surface area contributed by atoms with Gasteiger partial charge < -0.3 is 15.6 Å². The van der Waals surface area contributed by atoms with Crippen molar-refractivity contribution in [3.8, 4) is 0 Å². The second kappa shape index (κ2) is 4.50. The Hall–Kier alpha value is -1.36. The van der Waals surface area contributed by atoms with Gasteiger partial charge >= 0.3 is 0 Å². The predicted molar refractivity (Wildman–Crippen MR) is 52.3 cm³/mol. The molecule has 4 nitrogen and oxygen atoms in total. The van der Waals surface area contributed by atoms with Crippen molar-refractivity contribution in [3.63, 3.8) is 0 Å². The summed E-state index contributed by atoms with van der Waals surface area (Å²) in [5, 5.41) is 3.11. The summed E-state index contributed by atoms with van der Waals surface area (Å²) in [7, 11) is 0. The molecule has 0 saturated carbocycles. The summed E-state index contributed by atoms with van der Waals surface area (Å²) in [6, 6.07) is 0. The topological polar surface area (TPSA) is 55.9 Å². The number of nitrogens with one attached hydrogen (secondary N) is 1. The minimum absolute atomic E-state index is 0.310. The van der Waals surface area contributed by atoms with E-state index in [9.17, 15) is 0 Å². The molecule has 0 aliphatic heterocycles. The number of hydrogen-bond acceptors (Lipinski definition) is 2. The average molecular weight is 182 g/mol. The van der Waals surface area contributed by atoms with Gasteiger partial charge in [-0.1, -0.05) is 0 Å². The third-order valence-corrected chi connectivity index (χ3v) is 1.34. The molecule has 0 atom stereocenters. The normalized spacial score (nSPS) is 10.3. The van der Waals surface area contributed by atoms with Crippen LogP contribution < -0.4 is 11.1 Å². The molecular weight excluding hydrogens is 172 g/mol. The molecule has 64 valence electrons. The standard InChI is InChI=1S/C7H10N4S/c8-7(12)10-2-1-4-11-5-3-9-6-11/h1,3-6H,2H2,(H3,8,10,12). The lowest BCUT2D eigenvalue weighted by atomic mass is 10.6. The molecule has 0 bridgehead atoms. The third kappa shape index (κ3) is 3.16. The zero-order chi connectivity index (χ0) is 8.81. The van der Waals surface area contributed by atoms with Crippen molar-refractivity contribution < 1.29 is 0 Å². The van der Waals surface area contributed by atoms with Crippen LogP contribution in [0.4, 0.5) is 0 Å². The molecule has 0 aliphatic carbocycles. The van der Waals surface area contributed by atoms with Gasteiger partial charge in [0.05, 0.1) is 6.33 Å². The molecular formula is C7H10N4S. The number of imidazole rings is 1. The summed E-state index contributed by atoms with van der Waals surface area (Å²) in [6.45, 7) is 0.632. The molecule has 12 heavy (non-hydrogen) atoms. The number of hydrogen-bond donors (Lipinski definition) is 2. The Kier molecular flexibility index (Phi) is 3.28. The van der Waals surface area contributed by atoms with Crippen molar-refractivity contribution in [2.24, 2.45) is 5.73 Å². The van der Waals surface area contributed by atoms with Gasteiger partial charge in [-0.2, -0.15) is 0 Å². The van der Waals surface area contributed by atoms with Crippen LogP contribution in [0.5, 0.6) is 0 Å². The van der Waals surface area contributed by atoms with Crippen LogP contribution in [-0.4, -0.2) is 21.2 Å². The van der Waals surface area contributed by atoms with Crippen LogP contribution in [0.25, 0.3) is 6.20 Å². The maximum absolute atomic E-state index is 5.22. The lowest BCUT2D eigenvalue weighted by Gasteiger charge is -1.96. The Balaban J connectivity index is 2.27. The quantitative estimate of drug-likeness (QED) is 0.655. The molecule has 1 aromatic heterocycles. The Morgan fingerprint density at radius 2 is 2.58 bits per heavy atom. The number of nitrogens with zero attached hydrogens (tertiary/aromatic N) is 2. The molecule has 1 heterocycles. The third-order valence-electron chi connectivity index (χ3n) is 1.20. The fourth-order valence-electron chi connectivity index (χ4n) is 0.692. The maximum atomic E-state index is 5.22. The summed E-state index contributed by atoms with van der Waals surface area (Å²) in [5.41, 5.74) is 5.22. The van der Waals surface area contributed by atoms with Crippen LogP contribution in [0.3, 0.4) is 0 Å². The van der Waals surface area contributed by atoms with E-state index in [1.807, 2.05) is 23.0 Å². The minimum Gasteiger partial charge on any atom is -0.376 e. The van der Waals surface area contributed by atoms with Gasteiger partial charge in [-0.25, -0.2) is 4.98 Å².